The van der Waals surface area contributed by atoms with Crippen LogP contribution in [0.5, 0.6) is 0 Å². The van der Waals surface area contributed by atoms with Crippen molar-refractivity contribution in [3.05, 3.63) is 34.5 Å². The molecule has 1 amide bonds. The van der Waals surface area contributed by atoms with Gasteiger partial charge in [-0.15, -0.1) is 0 Å². The van der Waals surface area contributed by atoms with Crippen molar-refractivity contribution >= 4 is 22.5 Å². The number of nitrogens with zero attached hydrogens (tertiary/aromatic N) is 2. The van der Waals surface area contributed by atoms with Crippen LogP contribution >= 0.6 is 0 Å². The summed E-state index contributed by atoms with van der Waals surface area (Å²) in [5.41, 5.74) is 9.07. The van der Waals surface area contributed by atoms with E-state index in [0.29, 0.717) is 0 Å². The summed E-state index contributed by atoms with van der Waals surface area (Å²) in [5, 5.41) is 9.10. The molecule has 3 aliphatic rings. The number of fused-ring (bicyclic) bond motifs is 6. The van der Waals surface area contributed by atoms with Gasteiger partial charge in [0.05, 0.1) is 11.1 Å². The molecule has 2 aromatic heterocycles. The standard InChI is InChI=1S/C27H34N4O/c1-16-18-10-7-11-19-20-14-23-21(15-22(20)28-24(19)25(18)30-29-16)27(2,3)26(32)31(23)13-12-17-8-5-4-6-9-17/h14-15,17,28H,4-13H2,1-3H3,(H,29,30). The number of carbonyl (C=O) groups is 1. The van der Waals surface area contributed by atoms with E-state index in [4.69, 9.17) is 0 Å². The van der Waals surface area contributed by atoms with Gasteiger partial charge in [0.1, 0.15) is 5.69 Å². The number of aromatic nitrogens is 3. The number of aryl methyl sites for hydroxylation is 2. The molecule has 168 valence electrons. The fourth-order valence-corrected chi connectivity index (χ4v) is 6.45. The third-order valence-electron chi connectivity index (χ3n) is 8.42. The predicted molar refractivity (Wildman–Crippen MR) is 129 cm³/mol. The third kappa shape index (κ3) is 2.89. The van der Waals surface area contributed by atoms with Gasteiger partial charge in [-0.25, -0.2) is 0 Å². The molecule has 0 bridgehead atoms. The van der Waals surface area contributed by atoms with Crippen LogP contribution in [0.2, 0.25) is 0 Å². The number of hydrogen-bond acceptors (Lipinski definition) is 2. The molecule has 3 heterocycles. The molecule has 32 heavy (non-hydrogen) atoms. The highest BCUT2D eigenvalue weighted by atomic mass is 16.2. The van der Waals surface area contributed by atoms with Gasteiger partial charge in [-0.3, -0.25) is 9.89 Å². The summed E-state index contributed by atoms with van der Waals surface area (Å²) < 4.78 is 0. The average molecular weight is 431 g/mol. The second kappa shape index (κ2) is 7.23. The number of carbonyl (C=O) groups excluding carboxylic acids is 1. The van der Waals surface area contributed by atoms with Crippen molar-refractivity contribution in [2.45, 2.75) is 84.0 Å². The molecule has 5 heteroatoms. The molecule has 2 N–H and O–H groups in total. The second-order valence-electron chi connectivity index (χ2n) is 10.8. The molecule has 1 aromatic carbocycles. The Hall–Kier alpha value is -2.56. The van der Waals surface area contributed by atoms with E-state index in [0.717, 1.165) is 60.6 Å². The van der Waals surface area contributed by atoms with E-state index < -0.39 is 5.41 Å². The lowest BCUT2D eigenvalue weighted by atomic mass is 9.85. The maximum Gasteiger partial charge on any atom is 0.237 e. The smallest absolute Gasteiger partial charge is 0.237 e. The molecule has 5 nitrogen and oxygen atoms in total. The van der Waals surface area contributed by atoms with E-state index in [-0.39, 0.29) is 5.91 Å². The normalized spacial score (nSPS) is 20.3. The zero-order valence-corrected chi connectivity index (χ0v) is 19.6. The number of hydrogen-bond donors (Lipinski definition) is 2. The minimum absolute atomic E-state index is 0.257. The number of rotatable bonds is 3. The Bertz CT molecular complexity index is 1210. The third-order valence-corrected chi connectivity index (χ3v) is 8.42. The van der Waals surface area contributed by atoms with Crippen molar-refractivity contribution in [1.82, 2.24) is 15.2 Å². The van der Waals surface area contributed by atoms with Crippen molar-refractivity contribution in [3.8, 4) is 11.4 Å². The van der Waals surface area contributed by atoms with Crippen LogP contribution in [0.15, 0.2) is 12.1 Å². The number of benzene rings is 1. The van der Waals surface area contributed by atoms with Crippen LogP contribution < -0.4 is 4.90 Å². The fourth-order valence-electron chi connectivity index (χ4n) is 6.45. The summed E-state index contributed by atoms with van der Waals surface area (Å²) in [6.45, 7) is 7.14. The van der Waals surface area contributed by atoms with Crippen molar-refractivity contribution in [2.75, 3.05) is 11.4 Å². The molecule has 0 radical (unpaired) electrons. The first kappa shape index (κ1) is 20.1. The molecular formula is C27H34N4O. The Morgan fingerprint density at radius 1 is 1.09 bits per heavy atom. The molecule has 3 aromatic rings. The Balaban J connectivity index is 1.43. The van der Waals surface area contributed by atoms with Gasteiger partial charge in [-0.05, 0) is 75.6 Å². The first-order chi connectivity index (χ1) is 15.4. The maximum atomic E-state index is 13.5. The molecule has 1 aliphatic heterocycles. The molecule has 6 rings (SSSR count). The van der Waals surface area contributed by atoms with Gasteiger partial charge in [0.2, 0.25) is 5.91 Å². The lowest BCUT2D eigenvalue weighted by Gasteiger charge is -2.26. The lowest BCUT2D eigenvalue weighted by molar-refractivity contribution is -0.122. The molecule has 0 unspecified atom stereocenters. The maximum absolute atomic E-state index is 13.5. The number of anilines is 1. The molecule has 1 saturated carbocycles. The highest BCUT2D eigenvalue weighted by Gasteiger charge is 2.44. The van der Waals surface area contributed by atoms with Crippen LogP contribution in [0.1, 0.15) is 81.2 Å². The second-order valence-corrected chi connectivity index (χ2v) is 10.8. The SMILES string of the molecule is Cc1[nH]nc2c1CCCc1c-2[nH]c2cc3c(cc12)N(CCC1CCCCC1)C(=O)C3(C)C. The largest absolute Gasteiger partial charge is 0.353 e. The topological polar surface area (TPSA) is 64.8 Å². The van der Waals surface area contributed by atoms with Crippen molar-refractivity contribution < 1.29 is 4.79 Å². The average Bonchev–Trinajstić information content (AvgIpc) is 3.33. The minimum atomic E-state index is -0.479. The molecule has 0 saturated heterocycles. The highest BCUT2D eigenvalue weighted by molar-refractivity contribution is 6.10. The van der Waals surface area contributed by atoms with Crippen LogP contribution in [-0.2, 0) is 23.1 Å². The zero-order chi connectivity index (χ0) is 22.0. The van der Waals surface area contributed by atoms with E-state index in [1.165, 1.54) is 60.0 Å². The van der Waals surface area contributed by atoms with E-state index in [1.807, 2.05) is 0 Å². The summed E-state index contributed by atoms with van der Waals surface area (Å²) in [4.78, 5) is 19.3. The summed E-state index contributed by atoms with van der Waals surface area (Å²) in [6.07, 6.45) is 11.1. The Kier molecular flexibility index (Phi) is 4.53. The predicted octanol–water partition coefficient (Wildman–Crippen LogP) is 5.95. The summed E-state index contributed by atoms with van der Waals surface area (Å²) in [6, 6.07) is 4.55. The Labute approximate surface area is 190 Å². The van der Waals surface area contributed by atoms with Gasteiger partial charge in [0.25, 0.3) is 0 Å². The number of amides is 1. The minimum Gasteiger partial charge on any atom is -0.353 e. The van der Waals surface area contributed by atoms with Crippen LogP contribution in [0.3, 0.4) is 0 Å². The fraction of sp³-hybridized carbons (Fsp3) is 0.556. The van der Waals surface area contributed by atoms with Crippen molar-refractivity contribution in [2.24, 2.45) is 5.92 Å². The molecule has 1 fully saturated rings. The zero-order valence-electron chi connectivity index (χ0n) is 19.6. The molecule has 0 atom stereocenters. The van der Waals surface area contributed by atoms with Gasteiger partial charge < -0.3 is 9.88 Å². The van der Waals surface area contributed by atoms with Crippen LogP contribution in [-0.4, -0.2) is 27.6 Å². The summed E-state index contributed by atoms with van der Waals surface area (Å²) in [7, 11) is 0. The van der Waals surface area contributed by atoms with E-state index in [9.17, 15) is 4.79 Å². The van der Waals surface area contributed by atoms with Gasteiger partial charge in [0, 0.05) is 34.4 Å². The van der Waals surface area contributed by atoms with Gasteiger partial charge in [-0.2, -0.15) is 5.10 Å². The number of aromatic amines is 2. The quantitative estimate of drug-likeness (QED) is 0.539. The van der Waals surface area contributed by atoms with E-state index in [1.54, 1.807) is 0 Å². The van der Waals surface area contributed by atoms with Gasteiger partial charge >= 0.3 is 0 Å². The van der Waals surface area contributed by atoms with Crippen LogP contribution in [0.25, 0.3) is 22.3 Å². The van der Waals surface area contributed by atoms with Crippen molar-refractivity contribution in [1.29, 1.82) is 0 Å². The van der Waals surface area contributed by atoms with Crippen LogP contribution in [0, 0.1) is 12.8 Å². The summed E-state index contributed by atoms with van der Waals surface area (Å²) in [5.74, 6) is 1.03. The van der Waals surface area contributed by atoms with Crippen LogP contribution in [0.4, 0.5) is 5.69 Å². The first-order valence-corrected chi connectivity index (χ1v) is 12.5. The Morgan fingerprint density at radius 2 is 1.88 bits per heavy atom. The molecule has 0 spiro atoms. The summed E-state index contributed by atoms with van der Waals surface area (Å²) >= 11 is 0. The number of nitrogens with one attached hydrogen (secondary N) is 2. The first-order valence-electron chi connectivity index (χ1n) is 12.5. The molecular weight excluding hydrogens is 396 g/mol. The van der Waals surface area contributed by atoms with Crippen molar-refractivity contribution in [3.63, 3.8) is 0 Å². The van der Waals surface area contributed by atoms with Gasteiger partial charge in [-0.1, -0.05) is 32.1 Å². The lowest BCUT2D eigenvalue weighted by Crippen LogP contribution is -2.37. The van der Waals surface area contributed by atoms with E-state index >= 15 is 0 Å². The molecule has 2 aliphatic carbocycles. The van der Waals surface area contributed by atoms with E-state index in [2.05, 4.69) is 53.0 Å². The number of H-pyrrole nitrogens is 2. The van der Waals surface area contributed by atoms with Gasteiger partial charge in [0.15, 0.2) is 0 Å². The Morgan fingerprint density at radius 3 is 2.69 bits per heavy atom. The monoisotopic (exact) mass is 430 g/mol. The highest BCUT2D eigenvalue weighted by Crippen LogP contribution is 2.46.